The molecule has 2 fully saturated rings. The maximum absolute atomic E-state index is 6.11. The molecule has 0 spiro atoms. The first-order valence-electron chi connectivity index (χ1n) is 5.21. The summed E-state index contributed by atoms with van der Waals surface area (Å²) in [4.78, 5) is 2.51. The number of hydrogen-bond acceptors (Lipinski definition) is 2. The first kappa shape index (κ1) is 9.75. The average Bonchev–Trinajstić information content (AvgIpc) is 2.63. The van der Waals surface area contributed by atoms with Crippen LogP contribution in [-0.2, 0) is 4.74 Å². The summed E-state index contributed by atoms with van der Waals surface area (Å²) in [6.45, 7) is 6.44. The van der Waals surface area contributed by atoms with Crippen LogP contribution >= 0.6 is 11.6 Å². The molecule has 0 aromatic rings. The molecule has 13 heavy (non-hydrogen) atoms. The number of ether oxygens (including phenoxy) is 1. The third-order valence-electron chi connectivity index (χ3n) is 3.17. The Labute approximate surface area is 85.2 Å². The van der Waals surface area contributed by atoms with E-state index in [-0.39, 0.29) is 0 Å². The first-order chi connectivity index (χ1) is 6.25. The molecule has 3 atom stereocenters. The number of nitrogens with zero attached hydrogens (tertiary/aromatic N) is 1. The van der Waals surface area contributed by atoms with Crippen molar-refractivity contribution in [3.63, 3.8) is 0 Å². The highest BCUT2D eigenvalue weighted by molar-refractivity contribution is 6.21. The summed E-state index contributed by atoms with van der Waals surface area (Å²) in [6, 6.07) is 0.670. The minimum absolute atomic E-state index is 0.373. The fraction of sp³-hybridized carbons (Fsp3) is 1.00. The van der Waals surface area contributed by atoms with Crippen LogP contribution in [0.15, 0.2) is 0 Å². The van der Waals surface area contributed by atoms with Crippen molar-refractivity contribution in [3.05, 3.63) is 0 Å². The number of alkyl halides is 1. The number of rotatable bonds is 2. The minimum Gasteiger partial charge on any atom is -0.381 e. The zero-order valence-corrected chi connectivity index (χ0v) is 8.96. The van der Waals surface area contributed by atoms with E-state index in [1.54, 1.807) is 0 Å². The molecule has 76 valence electrons. The molecule has 3 unspecified atom stereocenters. The lowest BCUT2D eigenvalue weighted by molar-refractivity contribution is 0.165. The van der Waals surface area contributed by atoms with Crippen molar-refractivity contribution in [2.75, 3.05) is 26.3 Å². The van der Waals surface area contributed by atoms with Gasteiger partial charge >= 0.3 is 0 Å². The Morgan fingerprint density at radius 1 is 1.54 bits per heavy atom. The van der Waals surface area contributed by atoms with Crippen molar-refractivity contribution in [1.29, 1.82) is 0 Å². The van der Waals surface area contributed by atoms with Crippen molar-refractivity contribution in [2.24, 2.45) is 5.92 Å². The van der Waals surface area contributed by atoms with Crippen molar-refractivity contribution in [3.8, 4) is 0 Å². The normalized spacial score (nSPS) is 41.5. The van der Waals surface area contributed by atoms with Gasteiger partial charge in [0.15, 0.2) is 0 Å². The molecule has 0 aromatic heterocycles. The summed E-state index contributed by atoms with van der Waals surface area (Å²) in [5.74, 6) is 0.754. The van der Waals surface area contributed by atoms with Crippen LogP contribution in [0.5, 0.6) is 0 Å². The van der Waals surface area contributed by atoms with Gasteiger partial charge in [-0.2, -0.15) is 0 Å². The van der Waals surface area contributed by atoms with Gasteiger partial charge in [0, 0.05) is 31.1 Å². The van der Waals surface area contributed by atoms with Crippen LogP contribution in [0, 0.1) is 5.92 Å². The fourth-order valence-electron chi connectivity index (χ4n) is 2.34. The highest BCUT2D eigenvalue weighted by Crippen LogP contribution is 2.24. The molecule has 2 aliphatic heterocycles. The Morgan fingerprint density at radius 2 is 2.38 bits per heavy atom. The van der Waals surface area contributed by atoms with Gasteiger partial charge in [0.05, 0.1) is 6.61 Å². The largest absolute Gasteiger partial charge is 0.381 e. The highest BCUT2D eigenvalue weighted by Gasteiger charge is 2.30. The smallest absolute Gasteiger partial charge is 0.0507 e. The van der Waals surface area contributed by atoms with Crippen molar-refractivity contribution >= 4 is 11.6 Å². The Balaban J connectivity index is 1.80. The third kappa shape index (κ3) is 2.36. The van der Waals surface area contributed by atoms with E-state index in [0.29, 0.717) is 11.4 Å². The van der Waals surface area contributed by atoms with Crippen molar-refractivity contribution in [2.45, 2.75) is 31.2 Å². The molecule has 0 N–H and O–H groups in total. The maximum Gasteiger partial charge on any atom is 0.0507 e. The van der Waals surface area contributed by atoms with E-state index in [0.717, 1.165) is 32.1 Å². The minimum atomic E-state index is 0.373. The van der Waals surface area contributed by atoms with Gasteiger partial charge in [0.25, 0.3) is 0 Å². The third-order valence-corrected chi connectivity index (χ3v) is 3.49. The molecule has 0 radical (unpaired) electrons. The van der Waals surface area contributed by atoms with Crippen LogP contribution in [0.4, 0.5) is 0 Å². The van der Waals surface area contributed by atoms with Gasteiger partial charge in [-0.3, -0.25) is 4.90 Å². The molecule has 0 amide bonds. The average molecular weight is 204 g/mol. The summed E-state index contributed by atoms with van der Waals surface area (Å²) >= 11 is 6.11. The van der Waals surface area contributed by atoms with Crippen LogP contribution < -0.4 is 0 Å². The topological polar surface area (TPSA) is 12.5 Å². The number of hydrogen-bond donors (Lipinski definition) is 0. The maximum atomic E-state index is 6.11. The molecule has 2 nitrogen and oxygen atoms in total. The zero-order valence-electron chi connectivity index (χ0n) is 8.21. The van der Waals surface area contributed by atoms with Crippen LogP contribution in [0.3, 0.4) is 0 Å². The monoisotopic (exact) mass is 203 g/mol. The van der Waals surface area contributed by atoms with Crippen molar-refractivity contribution < 1.29 is 4.74 Å². The second-order valence-electron chi connectivity index (χ2n) is 4.37. The Kier molecular flexibility index (Phi) is 3.12. The summed E-state index contributed by atoms with van der Waals surface area (Å²) in [6.07, 6.45) is 2.38. The van der Waals surface area contributed by atoms with Gasteiger partial charge in [0.2, 0.25) is 0 Å². The van der Waals surface area contributed by atoms with Gasteiger partial charge in [-0.1, -0.05) is 0 Å². The Morgan fingerprint density at radius 3 is 2.92 bits per heavy atom. The lowest BCUT2D eigenvalue weighted by atomic mass is 10.1. The van der Waals surface area contributed by atoms with Gasteiger partial charge in [-0.15, -0.1) is 11.6 Å². The fourth-order valence-corrected chi connectivity index (χ4v) is 2.78. The van der Waals surface area contributed by atoms with Gasteiger partial charge in [0.1, 0.15) is 0 Å². The molecule has 0 aliphatic carbocycles. The molecule has 3 heteroatoms. The summed E-state index contributed by atoms with van der Waals surface area (Å²) in [5, 5.41) is 0.373. The lowest BCUT2D eigenvalue weighted by Gasteiger charge is -2.23. The van der Waals surface area contributed by atoms with Crippen LogP contribution in [0.1, 0.15) is 19.8 Å². The Bertz CT molecular complexity index is 170. The summed E-state index contributed by atoms with van der Waals surface area (Å²) < 4.78 is 5.37. The summed E-state index contributed by atoms with van der Waals surface area (Å²) in [5.41, 5.74) is 0. The molecule has 2 aliphatic rings. The molecule has 2 saturated heterocycles. The molecule has 0 saturated carbocycles. The van der Waals surface area contributed by atoms with Crippen molar-refractivity contribution in [1.82, 2.24) is 4.90 Å². The molecular formula is C10H18ClNO. The number of likely N-dealkylation sites (tertiary alicyclic amines) is 1. The van der Waals surface area contributed by atoms with Gasteiger partial charge in [-0.25, -0.2) is 0 Å². The van der Waals surface area contributed by atoms with E-state index < -0.39 is 0 Å². The van der Waals surface area contributed by atoms with E-state index in [9.17, 15) is 0 Å². The predicted molar refractivity (Wildman–Crippen MR) is 54.2 cm³/mol. The standard InChI is InChI=1S/C10H18ClNO/c1-8-4-10(11)6-12(8)5-9-2-3-13-7-9/h8-10H,2-7H2,1H3. The van der Waals surface area contributed by atoms with Gasteiger partial charge in [-0.05, 0) is 25.7 Å². The second-order valence-corrected chi connectivity index (χ2v) is 4.98. The first-order valence-corrected chi connectivity index (χ1v) is 5.65. The number of halogens is 1. The van der Waals surface area contributed by atoms with E-state index in [1.807, 2.05) is 0 Å². The van der Waals surface area contributed by atoms with E-state index in [1.165, 1.54) is 13.0 Å². The zero-order chi connectivity index (χ0) is 9.26. The quantitative estimate of drug-likeness (QED) is 0.634. The molecule has 2 rings (SSSR count). The van der Waals surface area contributed by atoms with Gasteiger partial charge < -0.3 is 4.74 Å². The van der Waals surface area contributed by atoms with Crippen LogP contribution in [0.2, 0.25) is 0 Å². The summed E-state index contributed by atoms with van der Waals surface area (Å²) in [7, 11) is 0. The molecule has 0 aromatic carbocycles. The Hall–Kier alpha value is 0.210. The van der Waals surface area contributed by atoms with E-state index >= 15 is 0 Å². The highest BCUT2D eigenvalue weighted by atomic mass is 35.5. The van der Waals surface area contributed by atoms with E-state index in [4.69, 9.17) is 16.3 Å². The lowest BCUT2D eigenvalue weighted by Crippen LogP contribution is -2.32. The second kappa shape index (κ2) is 4.16. The van der Waals surface area contributed by atoms with E-state index in [2.05, 4.69) is 11.8 Å². The molecule has 0 bridgehead atoms. The molecular weight excluding hydrogens is 186 g/mol. The molecule has 2 heterocycles. The van der Waals surface area contributed by atoms with Crippen LogP contribution in [0.25, 0.3) is 0 Å². The van der Waals surface area contributed by atoms with Crippen LogP contribution in [-0.4, -0.2) is 42.6 Å². The predicted octanol–water partition coefficient (Wildman–Crippen LogP) is 1.72. The SMILES string of the molecule is CC1CC(Cl)CN1CC1CCOC1.